The number of para-hydroxylation sites is 1. The Morgan fingerprint density at radius 3 is 2.75 bits per heavy atom. The van der Waals surface area contributed by atoms with Crippen molar-refractivity contribution in [2.45, 2.75) is 13.0 Å². The molecule has 0 aliphatic rings. The number of benzene rings is 1. The van der Waals surface area contributed by atoms with Crippen LogP contribution in [0.4, 0.5) is 5.69 Å². The number of aromatic hydroxyl groups is 1. The number of carbonyl (C=O) groups excluding carboxylic acids is 1. The third-order valence-electron chi connectivity index (χ3n) is 1.87. The summed E-state index contributed by atoms with van der Waals surface area (Å²) < 4.78 is 0. The maximum atomic E-state index is 11.5. The van der Waals surface area contributed by atoms with Gasteiger partial charge in [-0.05, 0) is 19.1 Å². The van der Waals surface area contributed by atoms with Crippen LogP contribution in [0.1, 0.15) is 17.3 Å². The number of aliphatic hydroxyl groups excluding tert-OH is 1. The van der Waals surface area contributed by atoms with Crippen molar-refractivity contribution in [1.82, 2.24) is 5.32 Å². The Bertz CT molecular complexity index is 369. The van der Waals surface area contributed by atoms with Gasteiger partial charge in [-0.2, -0.15) is 13.5 Å². The summed E-state index contributed by atoms with van der Waals surface area (Å²) in [7, 11) is 0. The summed E-state index contributed by atoms with van der Waals surface area (Å²) in [6.45, 7) is 1.69. The molecule has 1 atom stereocenters. The summed E-state index contributed by atoms with van der Waals surface area (Å²) in [4.78, 5) is 11.5. The van der Waals surface area contributed by atoms with Gasteiger partial charge < -0.3 is 21.3 Å². The number of nitrogens with two attached hydrogens (primary N) is 1. The van der Waals surface area contributed by atoms with E-state index in [0.717, 1.165) is 0 Å². The van der Waals surface area contributed by atoms with Crippen LogP contribution in [0.2, 0.25) is 0 Å². The average molecular weight is 244 g/mol. The maximum absolute atomic E-state index is 11.5. The molecule has 0 aliphatic heterocycles. The normalized spacial score (nSPS) is 11.4. The first-order valence-corrected chi connectivity index (χ1v) is 4.56. The Kier molecular flexibility index (Phi) is 5.69. The van der Waals surface area contributed by atoms with E-state index in [9.17, 15) is 9.90 Å². The molecule has 0 saturated heterocycles. The molecule has 0 aliphatic carbocycles. The number of aliphatic hydroxyl groups is 1. The topological polar surface area (TPSA) is 95.6 Å². The molecule has 1 aromatic carbocycles. The molecule has 0 fully saturated rings. The van der Waals surface area contributed by atoms with Gasteiger partial charge >= 0.3 is 0 Å². The number of phenolic OH excluding ortho intramolecular Hbond substituents is 1. The molecule has 6 heteroatoms. The van der Waals surface area contributed by atoms with Crippen molar-refractivity contribution in [2.75, 3.05) is 12.3 Å². The van der Waals surface area contributed by atoms with E-state index in [1.807, 2.05) is 0 Å². The Labute approximate surface area is 101 Å². The molecule has 1 aromatic rings. The van der Waals surface area contributed by atoms with Gasteiger partial charge in [-0.1, -0.05) is 6.07 Å². The Morgan fingerprint density at radius 1 is 1.56 bits per heavy atom. The highest BCUT2D eigenvalue weighted by molar-refractivity contribution is 7.59. The van der Waals surface area contributed by atoms with Gasteiger partial charge in [0.2, 0.25) is 0 Å². The van der Waals surface area contributed by atoms with E-state index in [-0.39, 0.29) is 37.0 Å². The third kappa shape index (κ3) is 3.63. The van der Waals surface area contributed by atoms with E-state index in [1.54, 1.807) is 13.0 Å². The monoisotopic (exact) mass is 244 g/mol. The molecule has 1 rings (SSSR count). The van der Waals surface area contributed by atoms with Crippen LogP contribution in [0.25, 0.3) is 0 Å². The highest BCUT2D eigenvalue weighted by Crippen LogP contribution is 2.23. The van der Waals surface area contributed by atoms with Crippen molar-refractivity contribution in [3.63, 3.8) is 0 Å². The smallest absolute Gasteiger partial charge is 0.255 e. The van der Waals surface area contributed by atoms with E-state index >= 15 is 0 Å². The standard InChI is InChI=1S/C10H14N2O3.H2S/c1-6(13)5-12-10(15)7-3-2-4-8(11)9(7)14;/h2-4,6,13-14H,5,11H2,1H3,(H,12,15);1H2/t6-;/m0./s1. The van der Waals surface area contributed by atoms with Crippen LogP contribution in [0.15, 0.2) is 18.2 Å². The van der Waals surface area contributed by atoms with Crippen LogP contribution in [-0.4, -0.2) is 28.8 Å². The number of carbonyl (C=O) groups is 1. The summed E-state index contributed by atoms with van der Waals surface area (Å²) >= 11 is 0. The van der Waals surface area contributed by atoms with Crippen LogP contribution in [0.5, 0.6) is 5.75 Å². The lowest BCUT2D eigenvalue weighted by atomic mass is 10.1. The van der Waals surface area contributed by atoms with Crippen molar-refractivity contribution in [2.24, 2.45) is 0 Å². The van der Waals surface area contributed by atoms with Gasteiger partial charge in [0.05, 0.1) is 17.4 Å². The van der Waals surface area contributed by atoms with Crippen molar-refractivity contribution >= 4 is 25.1 Å². The number of nitrogen functional groups attached to an aromatic ring is 1. The molecule has 1 amide bonds. The van der Waals surface area contributed by atoms with E-state index in [0.29, 0.717) is 0 Å². The number of hydrogen-bond acceptors (Lipinski definition) is 4. The Hall–Kier alpha value is -1.40. The average Bonchev–Trinajstić information content (AvgIpc) is 2.18. The van der Waals surface area contributed by atoms with Gasteiger partial charge in [-0.3, -0.25) is 4.79 Å². The molecule has 90 valence electrons. The molecule has 0 saturated carbocycles. The zero-order valence-corrected chi connectivity index (χ0v) is 9.90. The van der Waals surface area contributed by atoms with E-state index in [2.05, 4.69) is 5.32 Å². The molecule has 0 radical (unpaired) electrons. The molecule has 0 aromatic heterocycles. The highest BCUT2D eigenvalue weighted by atomic mass is 32.1. The van der Waals surface area contributed by atoms with E-state index in [1.165, 1.54) is 12.1 Å². The van der Waals surface area contributed by atoms with Gasteiger partial charge in [0.15, 0.2) is 5.75 Å². The van der Waals surface area contributed by atoms with Gasteiger partial charge in [0.25, 0.3) is 5.91 Å². The van der Waals surface area contributed by atoms with Crippen molar-refractivity contribution in [3.8, 4) is 5.75 Å². The fourth-order valence-electron chi connectivity index (χ4n) is 1.08. The van der Waals surface area contributed by atoms with E-state index in [4.69, 9.17) is 10.8 Å². The second-order valence-electron chi connectivity index (χ2n) is 3.30. The number of amides is 1. The Morgan fingerprint density at radius 2 is 2.19 bits per heavy atom. The minimum atomic E-state index is -0.628. The lowest BCUT2D eigenvalue weighted by Crippen LogP contribution is -2.30. The van der Waals surface area contributed by atoms with Crippen molar-refractivity contribution in [1.29, 1.82) is 0 Å². The molecule has 0 heterocycles. The molecule has 5 N–H and O–H groups in total. The SMILES string of the molecule is C[C@H](O)CNC(=O)c1cccc(N)c1O.S. The Balaban J connectivity index is 0.00000225. The predicted octanol–water partition coefficient (Wildman–Crippen LogP) is 0.198. The molecular weight excluding hydrogens is 228 g/mol. The van der Waals surface area contributed by atoms with E-state index < -0.39 is 12.0 Å². The summed E-state index contributed by atoms with van der Waals surface area (Å²) in [5.74, 6) is -0.693. The van der Waals surface area contributed by atoms with Crippen LogP contribution >= 0.6 is 13.5 Å². The largest absolute Gasteiger partial charge is 0.505 e. The molecule has 0 spiro atoms. The predicted molar refractivity (Wildman–Crippen MR) is 66.9 cm³/mol. The number of hydrogen-bond donors (Lipinski definition) is 4. The van der Waals surface area contributed by atoms with Crippen molar-refractivity contribution < 1.29 is 15.0 Å². The first-order valence-electron chi connectivity index (χ1n) is 4.56. The van der Waals surface area contributed by atoms with Gasteiger partial charge in [0, 0.05) is 6.54 Å². The molecule has 0 unspecified atom stereocenters. The number of phenols is 1. The van der Waals surface area contributed by atoms with Gasteiger partial charge in [0.1, 0.15) is 0 Å². The number of rotatable bonds is 3. The second kappa shape index (κ2) is 6.24. The van der Waals surface area contributed by atoms with Gasteiger partial charge in [-0.25, -0.2) is 0 Å². The zero-order chi connectivity index (χ0) is 11.4. The number of nitrogens with one attached hydrogen (secondary N) is 1. The second-order valence-corrected chi connectivity index (χ2v) is 3.30. The van der Waals surface area contributed by atoms with Gasteiger partial charge in [-0.15, -0.1) is 0 Å². The molecular formula is C10H16N2O3S. The lowest BCUT2D eigenvalue weighted by Gasteiger charge is -2.09. The summed E-state index contributed by atoms with van der Waals surface area (Å²) in [5.41, 5.74) is 5.69. The molecule has 5 nitrogen and oxygen atoms in total. The summed E-state index contributed by atoms with van der Waals surface area (Å²) in [5, 5.41) is 20.9. The summed E-state index contributed by atoms with van der Waals surface area (Å²) in [6, 6.07) is 4.54. The minimum Gasteiger partial charge on any atom is -0.505 e. The lowest BCUT2D eigenvalue weighted by molar-refractivity contribution is 0.0921. The van der Waals surface area contributed by atoms with Crippen LogP contribution in [0, 0.1) is 0 Å². The molecule has 16 heavy (non-hydrogen) atoms. The van der Waals surface area contributed by atoms with Crippen LogP contribution in [0.3, 0.4) is 0 Å². The molecule has 0 bridgehead atoms. The first kappa shape index (κ1) is 14.6. The van der Waals surface area contributed by atoms with Crippen molar-refractivity contribution in [3.05, 3.63) is 23.8 Å². The first-order chi connectivity index (χ1) is 7.02. The zero-order valence-electron chi connectivity index (χ0n) is 8.90. The highest BCUT2D eigenvalue weighted by Gasteiger charge is 2.12. The van der Waals surface area contributed by atoms with Crippen LogP contribution in [-0.2, 0) is 0 Å². The van der Waals surface area contributed by atoms with Crippen LogP contribution < -0.4 is 11.1 Å². The minimum absolute atomic E-state index is 0. The summed E-state index contributed by atoms with van der Waals surface area (Å²) in [6.07, 6.45) is -0.628. The fraction of sp³-hybridized carbons (Fsp3) is 0.300. The maximum Gasteiger partial charge on any atom is 0.255 e. The quantitative estimate of drug-likeness (QED) is 0.451. The number of anilines is 1. The third-order valence-corrected chi connectivity index (χ3v) is 1.87. The fourth-order valence-corrected chi connectivity index (χ4v) is 1.08.